The van der Waals surface area contributed by atoms with Crippen molar-refractivity contribution in [2.45, 2.75) is 44.7 Å². The summed E-state index contributed by atoms with van der Waals surface area (Å²) < 4.78 is 35.4. The lowest BCUT2D eigenvalue weighted by Gasteiger charge is -2.34. The Bertz CT molecular complexity index is 1680. The van der Waals surface area contributed by atoms with Crippen molar-refractivity contribution in [2.75, 3.05) is 24.0 Å². The molecule has 0 aliphatic rings. The van der Waals surface area contributed by atoms with Gasteiger partial charge < -0.3 is 15.0 Å². The van der Waals surface area contributed by atoms with E-state index in [1.54, 1.807) is 67.6 Å². The van der Waals surface area contributed by atoms with Gasteiger partial charge in [-0.1, -0.05) is 83.9 Å². The maximum Gasteiger partial charge on any atom is 0.264 e. The quantitative estimate of drug-likeness (QED) is 0.181. The number of ether oxygens (including phenoxy) is 1. The predicted molar refractivity (Wildman–Crippen MR) is 178 cm³/mol. The summed E-state index contributed by atoms with van der Waals surface area (Å²) in [5.41, 5.74) is 2.70. The molecular formula is C35H38ClN3O5S. The van der Waals surface area contributed by atoms with Crippen LogP contribution in [0.15, 0.2) is 108 Å². The molecule has 4 aromatic carbocycles. The molecule has 4 rings (SSSR count). The van der Waals surface area contributed by atoms with Crippen LogP contribution < -0.4 is 14.4 Å². The number of hydrogen-bond acceptors (Lipinski definition) is 5. The molecule has 2 amide bonds. The maximum atomic E-state index is 14.5. The SMILES string of the molecule is CCNC(=O)C(Cc1ccccc1)N(Cc1ccc(Cl)cc1)C(=O)CN(c1ccccc1OCC)S(=O)(=O)c1ccc(C)cc1. The molecule has 1 N–H and O–H groups in total. The molecule has 236 valence electrons. The largest absolute Gasteiger partial charge is 0.492 e. The molecule has 0 fully saturated rings. The molecule has 1 atom stereocenters. The van der Waals surface area contributed by atoms with Crippen LogP contribution in [0.4, 0.5) is 5.69 Å². The van der Waals surface area contributed by atoms with E-state index in [1.165, 1.54) is 17.0 Å². The van der Waals surface area contributed by atoms with Crippen LogP contribution in [0.25, 0.3) is 0 Å². The van der Waals surface area contributed by atoms with Crippen molar-refractivity contribution in [3.05, 3.63) is 125 Å². The van der Waals surface area contributed by atoms with Crippen molar-refractivity contribution in [2.24, 2.45) is 0 Å². The summed E-state index contributed by atoms with van der Waals surface area (Å²) in [4.78, 5) is 29.6. The van der Waals surface area contributed by atoms with E-state index >= 15 is 0 Å². The van der Waals surface area contributed by atoms with Gasteiger partial charge in [0.25, 0.3) is 10.0 Å². The Balaban J connectivity index is 1.82. The minimum absolute atomic E-state index is 0.0287. The zero-order valence-corrected chi connectivity index (χ0v) is 27.2. The fourth-order valence-corrected chi connectivity index (χ4v) is 6.47. The first kappa shape index (κ1) is 33.6. The Labute approximate surface area is 270 Å². The first-order chi connectivity index (χ1) is 21.6. The van der Waals surface area contributed by atoms with Crippen molar-refractivity contribution in [3.63, 3.8) is 0 Å². The number of nitrogens with one attached hydrogen (secondary N) is 1. The van der Waals surface area contributed by atoms with Gasteiger partial charge >= 0.3 is 0 Å². The third kappa shape index (κ3) is 8.65. The normalized spacial score (nSPS) is 11.8. The number of amides is 2. The van der Waals surface area contributed by atoms with Crippen LogP contribution in [0.3, 0.4) is 0 Å². The van der Waals surface area contributed by atoms with Gasteiger partial charge in [-0.15, -0.1) is 0 Å². The van der Waals surface area contributed by atoms with Crippen LogP contribution in [0.5, 0.6) is 5.75 Å². The molecule has 0 spiro atoms. The van der Waals surface area contributed by atoms with Crippen molar-refractivity contribution >= 4 is 39.1 Å². The monoisotopic (exact) mass is 647 g/mol. The summed E-state index contributed by atoms with van der Waals surface area (Å²) in [6.45, 7) is 5.61. The van der Waals surface area contributed by atoms with Crippen LogP contribution in [0, 0.1) is 6.92 Å². The Morgan fingerprint density at radius 1 is 0.844 bits per heavy atom. The second kappa shape index (κ2) is 15.6. The number of likely N-dealkylation sites (N-methyl/N-ethyl adjacent to an activating group) is 1. The summed E-state index contributed by atoms with van der Waals surface area (Å²) >= 11 is 6.14. The molecule has 10 heteroatoms. The fraction of sp³-hybridized carbons (Fsp3) is 0.257. The van der Waals surface area contributed by atoms with E-state index in [9.17, 15) is 18.0 Å². The Morgan fingerprint density at radius 2 is 1.49 bits per heavy atom. The molecule has 0 heterocycles. The number of carbonyl (C=O) groups is 2. The van der Waals surface area contributed by atoms with Crippen LogP contribution in [0.1, 0.15) is 30.5 Å². The van der Waals surface area contributed by atoms with E-state index in [0.717, 1.165) is 21.0 Å². The van der Waals surface area contributed by atoms with Crippen LogP contribution >= 0.6 is 11.6 Å². The van der Waals surface area contributed by atoms with Gasteiger partial charge in [-0.2, -0.15) is 0 Å². The Kier molecular flexibility index (Phi) is 11.6. The molecule has 45 heavy (non-hydrogen) atoms. The Morgan fingerprint density at radius 3 is 2.13 bits per heavy atom. The van der Waals surface area contributed by atoms with Gasteiger partial charge in [0.1, 0.15) is 18.3 Å². The van der Waals surface area contributed by atoms with Gasteiger partial charge in [0.15, 0.2) is 0 Å². The summed E-state index contributed by atoms with van der Waals surface area (Å²) in [7, 11) is -4.25. The number of benzene rings is 4. The highest BCUT2D eigenvalue weighted by Gasteiger charge is 2.35. The van der Waals surface area contributed by atoms with Crippen molar-refractivity contribution in [1.29, 1.82) is 0 Å². The average Bonchev–Trinajstić information content (AvgIpc) is 3.03. The van der Waals surface area contributed by atoms with E-state index in [-0.39, 0.29) is 29.5 Å². The maximum absolute atomic E-state index is 14.5. The molecular weight excluding hydrogens is 610 g/mol. The number of carbonyl (C=O) groups excluding carboxylic acids is 2. The van der Waals surface area contributed by atoms with Gasteiger partial charge in [0.05, 0.1) is 17.2 Å². The minimum atomic E-state index is -4.25. The van der Waals surface area contributed by atoms with Crippen molar-refractivity contribution in [3.8, 4) is 5.75 Å². The summed E-state index contributed by atoms with van der Waals surface area (Å²) in [6.07, 6.45) is 0.228. The van der Waals surface area contributed by atoms with E-state index in [4.69, 9.17) is 16.3 Å². The molecule has 0 aliphatic heterocycles. The highest BCUT2D eigenvalue weighted by molar-refractivity contribution is 7.92. The molecule has 4 aromatic rings. The second-order valence-electron chi connectivity index (χ2n) is 10.5. The van der Waals surface area contributed by atoms with Gasteiger partial charge in [-0.25, -0.2) is 8.42 Å². The molecule has 0 aromatic heterocycles. The van der Waals surface area contributed by atoms with Crippen molar-refractivity contribution in [1.82, 2.24) is 10.2 Å². The number of hydrogen-bond donors (Lipinski definition) is 1. The number of anilines is 1. The lowest BCUT2D eigenvalue weighted by atomic mass is 10.0. The summed E-state index contributed by atoms with van der Waals surface area (Å²) in [5, 5.41) is 3.39. The molecule has 0 saturated heterocycles. The molecule has 1 unspecified atom stereocenters. The Hall–Kier alpha value is -4.34. The molecule has 0 aliphatic carbocycles. The third-order valence-electron chi connectivity index (χ3n) is 7.21. The second-order valence-corrected chi connectivity index (χ2v) is 12.8. The topological polar surface area (TPSA) is 96.0 Å². The average molecular weight is 648 g/mol. The molecule has 0 saturated carbocycles. The number of halogens is 1. The van der Waals surface area contributed by atoms with Crippen molar-refractivity contribution < 1.29 is 22.7 Å². The number of nitrogens with zero attached hydrogens (tertiary/aromatic N) is 2. The van der Waals surface area contributed by atoms with Crippen LogP contribution in [-0.4, -0.2) is 50.9 Å². The van der Waals surface area contributed by atoms with E-state index in [0.29, 0.717) is 23.9 Å². The van der Waals surface area contributed by atoms with Crippen LogP contribution in [0.2, 0.25) is 5.02 Å². The summed E-state index contributed by atoms with van der Waals surface area (Å²) in [6, 6.07) is 28.6. The number of para-hydroxylation sites is 2. The smallest absolute Gasteiger partial charge is 0.264 e. The van der Waals surface area contributed by atoms with Gasteiger partial charge in [-0.05, 0) is 68.3 Å². The lowest BCUT2D eigenvalue weighted by molar-refractivity contribution is -0.140. The number of rotatable bonds is 14. The summed E-state index contributed by atoms with van der Waals surface area (Å²) in [5.74, 6) is -0.581. The third-order valence-corrected chi connectivity index (χ3v) is 9.24. The highest BCUT2D eigenvalue weighted by Crippen LogP contribution is 2.33. The molecule has 0 radical (unpaired) electrons. The van der Waals surface area contributed by atoms with E-state index < -0.39 is 28.5 Å². The van der Waals surface area contributed by atoms with E-state index in [2.05, 4.69) is 5.32 Å². The predicted octanol–water partition coefficient (Wildman–Crippen LogP) is 6.02. The standard InChI is InChI=1S/C35H38ClN3O5S/c1-4-37-35(41)32(23-27-11-7-6-8-12-27)38(24-28-17-19-29(36)20-18-28)34(40)25-39(31-13-9-10-14-33(31)44-5-2)45(42,43)30-21-15-26(3)16-22-30/h6-22,32H,4-5,23-25H2,1-3H3,(H,37,41). The van der Waals surface area contributed by atoms with Crippen LogP contribution in [-0.2, 0) is 32.6 Å². The minimum Gasteiger partial charge on any atom is -0.492 e. The first-order valence-electron chi connectivity index (χ1n) is 14.8. The number of aryl methyl sites for hydroxylation is 1. The lowest BCUT2D eigenvalue weighted by Crippen LogP contribution is -2.53. The fourth-order valence-electron chi connectivity index (χ4n) is 4.92. The van der Waals surface area contributed by atoms with E-state index in [1.807, 2.05) is 44.2 Å². The molecule has 0 bridgehead atoms. The van der Waals surface area contributed by atoms with Gasteiger partial charge in [0.2, 0.25) is 11.8 Å². The zero-order chi connectivity index (χ0) is 32.4. The van der Waals surface area contributed by atoms with Gasteiger partial charge in [0, 0.05) is 24.5 Å². The highest BCUT2D eigenvalue weighted by atomic mass is 35.5. The zero-order valence-electron chi connectivity index (χ0n) is 25.6. The van der Waals surface area contributed by atoms with Gasteiger partial charge in [-0.3, -0.25) is 13.9 Å². The number of sulfonamides is 1. The molecule has 8 nitrogen and oxygen atoms in total. The first-order valence-corrected chi connectivity index (χ1v) is 16.6.